The fraction of sp³-hybridized carbons (Fsp3) is 0.375. The number of aromatic nitrogens is 2. The Labute approximate surface area is 132 Å². The number of hydrogen-bond donors (Lipinski definition) is 3. The largest absolute Gasteiger partial charge is 0.290 e. The second kappa shape index (κ2) is 6.60. The molecule has 120 valence electrons. The number of H-pyrrole nitrogens is 1. The molecule has 1 heterocycles. The van der Waals surface area contributed by atoms with Gasteiger partial charge >= 0.3 is 0 Å². The number of hydrogen-bond acceptors (Lipinski definition) is 4. The van der Waals surface area contributed by atoms with Crippen molar-refractivity contribution in [1.82, 2.24) is 21.0 Å². The molecule has 2 aromatic rings. The van der Waals surface area contributed by atoms with E-state index in [9.17, 15) is 14.4 Å². The van der Waals surface area contributed by atoms with Crippen molar-refractivity contribution >= 4 is 22.6 Å². The van der Waals surface area contributed by atoms with E-state index < -0.39 is 5.91 Å². The molecule has 0 saturated heterocycles. The third-order valence-electron chi connectivity index (χ3n) is 4.19. The van der Waals surface area contributed by atoms with Crippen molar-refractivity contribution in [3.8, 4) is 0 Å². The van der Waals surface area contributed by atoms with Gasteiger partial charge in [0.25, 0.3) is 11.5 Å². The minimum atomic E-state index is -0.554. The minimum Gasteiger partial charge on any atom is -0.273 e. The van der Waals surface area contributed by atoms with Gasteiger partial charge in [0.2, 0.25) is 5.91 Å². The number of fused-ring (bicyclic) bond motifs is 1. The fourth-order valence-electron chi connectivity index (χ4n) is 2.93. The van der Waals surface area contributed by atoms with Crippen LogP contribution < -0.4 is 16.4 Å². The summed E-state index contributed by atoms with van der Waals surface area (Å²) in [6.07, 6.45) is 4.93. The molecule has 0 radical (unpaired) electrons. The number of rotatable bonds is 2. The predicted octanol–water partition coefficient (Wildman–Crippen LogP) is 1.26. The average molecular weight is 314 g/mol. The number of aromatic amines is 1. The summed E-state index contributed by atoms with van der Waals surface area (Å²) in [6.45, 7) is 0. The summed E-state index contributed by atoms with van der Waals surface area (Å²) < 4.78 is 0. The first-order chi connectivity index (χ1) is 11.2. The molecule has 2 amide bonds. The molecule has 7 heteroatoms. The summed E-state index contributed by atoms with van der Waals surface area (Å²) in [4.78, 5) is 36.0. The van der Waals surface area contributed by atoms with Crippen LogP contribution in [0.3, 0.4) is 0 Å². The van der Waals surface area contributed by atoms with Gasteiger partial charge in [-0.25, -0.2) is 5.10 Å². The molecule has 3 rings (SSSR count). The third kappa shape index (κ3) is 3.23. The monoisotopic (exact) mass is 314 g/mol. The summed E-state index contributed by atoms with van der Waals surface area (Å²) in [6, 6.07) is 6.70. The number of nitrogens with zero attached hydrogens (tertiary/aromatic N) is 1. The highest BCUT2D eigenvalue weighted by molar-refractivity contribution is 6.05. The van der Waals surface area contributed by atoms with E-state index in [0.29, 0.717) is 10.8 Å². The highest BCUT2D eigenvalue weighted by atomic mass is 16.2. The molecule has 1 fully saturated rings. The third-order valence-corrected chi connectivity index (χ3v) is 4.19. The van der Waals surface area contributed by atoms with Crippen molar-refractivity contribution < 1.29 is 9.59 Å². The zero-order valence-electron chi connectivity index (χ0n) is 12.6. The fourth-order valence-corrected chi connectivity index (χ4v) is 2.93. The lowest BCUT2D eigenvalue weighted by atomic mass is 9.89. The quantitative estimate of drug-likeness (QED) is 0.726. The van der Waals surface area contributed by atoms with Crippen LogP contribution in [0.2, 0.25) is 0 Å². The Hall–Kier alpha value is -2.70. The number of carbonyl (C=O) groups excluding carboxylic acids is 2. The highest BCUT2D eigenvalue weighted by Crippen LogP contribution is 2.23. The predicted molar refractivity (Wildman–Crippen MR) is 84.5 cm³/mol. The summed E-state index contributed by atoms with van der Waals surface area (Å²) >= 11 is 0. The molecular weight excluding hydrogens is 296 g/mol. The maximum absolute atomic E-state index is 12.2. The molecule has 1 saturated carbocycles. The number of nitrogens with one attached hydrogen (secondary N) is 3. The van der Waals surface area contributed by atoms with E-state index in [1.165, 1.54) is 0 Å². The maximum Gasteiger partial charge on any atom is 0.290 e. The molecule has 0 spiro atoms. The molecule has 0 bridgehead atoms. The minimum absolute atomic E-state index is 0.0515. The van der Waals surface area contributed by atoms with E-state index in [4.69, 9.17) is 0 Å². The first-order valence-electron chi connectivity index (χ1n) is 7.74. The Morgan fingerprint density at radius 3 is 2.48 bits per heavy atom. The van der Waals surface area contributed by atoms with Gasteiger partial charge in [-0.1, -0.05) is 37.5 Å². The first-order valence-corrected chi connectivity index (χ1v) is 7.74. The van der Waals surface area contributed by atoms with Crippen LogP contribution in [-0.2, 0) is 4.79 Å². The lowest BCUT2D eigenvalue weighted by Crippen LogP contribution is -2.45. The van der Waals surface area contributed by atoms with Gasteiger partial charge in [-0.2, -0.15) is 5.10 Å². The van der Waals surface area contributed by atoms with E-state index in [1.807, 2.05) is 0 Å². The number of amides is 2. The smallest absolute Gasteiger partial charge is 0.273 e. The Kier molecular flexibility index (Phi) is 4.36. The van der Waals surface area contributed by atoms with Crippen molar-refractivity contribution in [1.29, 1.82) is 0 Å². The number of carbonyl (C=O) groups is 2. The van der Waals surface area contributed by atoms with Crippen LogP contribution in [0.1, 0.15) is 42.6 Å². The average Bonchev–Trinajstić information content (AvgIpc) is 2.60. The Morgan fingerprint density at radius 1 is 1.04 bits per heavy atom. The van der Waals surface area contributed by atoms with Crippen molar-refractivity contribution in [3.63, 3.8) is 0 Å². The molecule has 1 aromatic heterocycles. The van der Waals surface area contributed by atoms with Gasteiger partial charge in [0.1, 0.15) is 0 Å². The van der Waals surface area contributed by atoms with E-state index in [2.05, 4.69) is 21.0 Å². The zero-order chi connectivity index (χ0) is 16.2. The number of hydrazine groups is 1. The maximum atomic E-state index is 12.2. The van der Waals surface area contributed by atoms with Gasteiger partial charge in [0.15, 0.2) is 5.69 Å². The molecule has 0 unspecified atom stereocenters. The molecular formula is C16H18N4O3. The summed E-state index contributed by atoms with van der Waals surface area (Å²) in [5.41, 5.74) is 4.56. The summed E-state index contributed by atoms with van der Waals surface area (Å²) in [7, 11) is 0. The van der Waals surface area contributed by atoms with Crippen LogP contribution >= 0.6 is 0 Å². The second-order valence-electron chi connectivity index (χ2n) is 5.73. The van der Waals surface area contributed by atoms with Gasteiger partial charge in [-0.3, -0.25) is 25.2 Å². The number of benzene rings is 1. The molecule has 1 aliphatic carbocycles. The van der Waals surface area contributed by atoms with Crippen LogP contribution in [0.15, 0.2) is 29.1 Å². The van der Waals surface area contributed by atoms with E-state index in [0.717, 1.165) is 32.1 Å². The van der Waals surface area contributed by atoms with E-state index in [-0.39, 0.29) is 23.1 Å². The van der Waals surface area contributed by atoms with Gasteiger partial charge in [-0.05, 0) is 18.9 Å². The first kappa shape index (κ1) is 15.2. The SMILES string of the molecule is O=C(NNC(=O)C1CCCCC1)c1n[nH]c(=O)c2ccccc12. The van der Waals surface area contributed by atoms with Gasteiger partial charge in [0.05, 0.1) is 5.39 Å². The highest BCUT2D eigenvalue weighted by Gasteiger charge is 2.22. The second-order valence-corrected chi connectivity index (χ2v) is 5.73. The Balaban J connectivity index is 1.72. The van der Waals surface area contributed by atoms with Crippen LogP contribution in [0, 0.1) is 5.92 Å². The van der Waals surface area contributed by atoms with Crippen molar-refractivity contribution in [2.24, 2.45) is 5.92 Å². The topological polar surface area (TPSA) is 104 Å². The summed E-state index contributed by atoms with van der Waals surface area (Å²) in [5.74, 6) is -0.780. The van der Waals surface area contributed by atoms with Crippen molar-refractivity contribution in [2.45, 2.75) is 32.1 Å². The van der Waals surface area contributed by atoms with Crippen LogP contribution in [-0.4, -0.2) is 22.0 Å². The lowest BCUT2D eigenvalue weighted by Gasteiger charge is -2.20. The Bertz CT molecular complexity index is 793. The molecule has 1 aromatic carbocycles. The van der Waals surface area contributed by atoms with Crippen molar-refractivity contribution in [3.05, 3.63) is 40.3 Å². The molecule has 3 N–H and O–H groups in total. The molecule has 1 aliphatic rings. The Morgan fingerprint density at radius 2 is 1.74 bits per heavy atom. The van der Waals surface area contributed by atoms with Gasteiger partial charge < -0.3 is 0 Å². The normalized spacial score (nSPS) is 15.3. The molecule has 0 aliphatic heterocycles. The lowest BCUT2D eigenvalue weighted by molar-refractivity contribution is -0.126. The van der Waals surface area contributed by atoms with Gasteiger partial charge in [-0.15, -0.1) is 0 Å². The molecule has 23 heavy (non-hydrogen) atoms. The van der Waals surface area contributed by atoms with Crippen LogP contribution in [0.4, 0.5) is 0 Å². The zero-order valence-corrected chi connectivity index (χ0v) is 12.6. The molecule has 7 nitrogen and oxygen atoms in total. The van der Waals surface area contributed by atoms with Crippen molar-refractivity contribution in [2.75, 3.05) is 0 Å². The van der Waals surface area contributed by atoms with Crippen LogP contribution in [0.25, 0.3) is 10.8 Å². The van der Waals surface area contributed by atoms with Crippen LogP contribution in [0.5, 0.6) is 0 Å². The summed E-state index contributed by atoms with van der Waals surface area (Å²) in [5, 5.41) is 6.92. The van der Waals surface area contributed by atoms with Gasteiger partial charge in [0, 0.05) is 11.3 Å². The molecule has 0 atom stereocenters. The van der Waals surface area contributed by atoms with E-state index in [1.54, 1.807) is 24.3 Å². The van der Waals surface area contributed by atoms with E-state index >= 15 is 0 Å². The standard InChI is InChI=1S/C16H18N4O3/c21-14(10-6-2-1-3-7-10)18-20-16(23)13-11-8-4-5-9-12(11)15(22)19-17-13/h4-5,8-10H,1-3,6-7H2,(H,18,21)(H,19,22)(H,20,23).